The van der Waals surface area contributed by atoms with Crippen LogP contribution in [0.15, 0.2) is 36.7 Å². The minimum atomic E-state index is 0.845. The number of aromatic nitrogens is 4. The van der Waals surface area contributed by atoms with Crippen molar-refractivity contribution in [1.82, 2.24) is 19.4 Å². The predicted molar refractivity (Wildman–Crippen MR) is 84.4 cm³/mol. The number of pyridine rings is 1. The molecule has 0 saturated heterocycles. The summed E-state index contributed by atoms with van der Waals surface area (Å²) in [4.78, 5) is 13.6. The highest BCUT2D eigenvalue weighted by Crippen LogP contribution is 2.21. The van der Waals surface area contributed by atoms with E-state index in [4.69, 9.17) is 4.98 Å². The van der Waals surface area contributed by atoms with E-state index in [-0.39, 0.29) is 0 Å². The van der Waals surface area contributed by atoms with Crippen molar-refractivity contribution in [2.45, 2.75) is 26.7 Å². The molecule has 0 unspecified atom stereocenters. The molecule has 0 amide bonds. The highest BCUT2D eigenvalue weighted by Gasteiger charge is 2.09. The highest BCUT2D eigenvalue weighted by molar-refractivity contribution is 5.62. The van der Waals surface area contributed by atoms with Crippen molar-refractivity contribution in [1.29, 1.82) is 0 Å². The van der Waals surface area contributed by atoms with Gasteiger partial charge in [-0.25, -0.2) is 15.0 Å². The van der Waals surface area contributed by atoms with Gasteiger partial charge in [-0.3, -0.25) is 4.40 Å². The van der Waals surface area contributed by atoms with Gasteiger partial charge in [-0.1, -0.05) is 13.0 Å². The second-order valence-electron chi connectivity index (χ2n) is 4.90. The normalized spacial score (nSPS) is 11.0. The van der Waals surface area contributed by atoms with Crippen molar-refractivity contribution in [2.75, 3.05) is 11.9 Å². The van der Waals surface area contributed by atoms with Crippen molar-refractivity contribution in [3.63, 3.8) is 0 Å². The van der Waals surface area contributed by atoms with Crippen LogP contribution in [0.3, 0.4) is 0 Å². The van der Waals surface area contributed by atoms with Gasteiger partial charge in [-0.05, 0) is 25.5 Å². The Morgan fingerprint density at radius 2 is 2.10 bits per heavy atom. The van der Waals surface area contributed by atoms with Crippen LogP contribution in [-0.2, 0) is 6.42 Å². The molecule has 5 heteroatoms. The van der Waals surface area contributed by atoms with E-state index in [2.05, 4.69) is 35.2 Å². The van der Waals surface area contributed by atoms with Crippen molar-refractivity contribution >= 4 is 11.5 Å². The zero-order chi connectivity index (χ0) is 14.7. The van der Waals surface area contributed by atoms with Gasteiger partial charge in [-0.2, -0.15) is 0 Å². The van der Waals surface area contributed by atoms with Gasteiger partial charge in [0.2, 0.25) is 0 Å². The third kappa shape index (κ3) is 2.72. The molecule has 5 nitrogen and oxygen atoms in total. The fourth-order valence-electron chi connectivity index (χ4n) is 2.39. The SMILES string of the molecule is CCCc1nc(NCC)cc(-c2cccc3nccn23)n1. The zero-order valence-corrected chi connectivity index (χ0v) is 12.4. The minimum absolute atomic E-state index is 0.845. The van der Waals surface area contributed by atoms with Gasteiger partial charge in [0.15, 0.2) is 0 Å². The van der Waals surface area contributed by atoms with Crippen molar-refractivity contribution in [3.05, 3.63) is 42.5 Å². The number of nitrogens with one attached hydrogen (secondary N) is 1. The third-order valence-electron chi connectivity index (χ3n) is 3.29. The topological polar surface area (TPSA) is 55.1 Å². The van der Waals surface area contributed by atoms with E-state index >= 15 is 0 Å². The number of rotatable bonds is 5. The molecule has 3 rings (SSSR count). The Kier molecular flexibility index (Phi) is 3.81. The molecule has 0 aromatic carbocycles. The molecule has 0 atom stereocenters. The van der Waals surface area contributed by atoms with Gasteiger partial charge in [-0.15, -0.1) is 0 Å². The fraction of sp³-hybridized carbons (Fsp3) is 0.312. The van der Waals surface area contributed by atoms with Crippen LogP contribution in [0.1, 0.15) is 26.1 Å². The van der Waals surface area contributed by atoms with E-state index in [1.165, 1.54) is 0 Å². The number of aryl methyl sites for hydroxylation is 1. The Hall–Kier alpha value is -2.43. The summed E-state index contributed by atoms with van der Waals surface area (Å²) >= 11 is 0. The second kappa shape index (κ2) is 5.91. The average Bonchev–Trinajstić information content (AvgIpc) is 2.96. The summed E-state index contributed by atoms with van der Waals surface area (Å²) in [5.41, 5.74) is 2.88. The Morgan fingerprint density at radius 3 is 2.90 bits per heavy atom. The predicted octanol–water partition coefficient (Wildman–Crippen LogP) is 3.18. The Bertz CT molecular complexity index is 723. The van der Waals surface area contributed by atoms with Crippen LogP contribution in [0.25, 0.3) is 17.0 Å². The van der Waals surface area contributed by atoms with Gasteiger partial charge >= 0.3 is 0 Å². The summed E-state index contributed by atoms with van der Waals surface area (Å²) in [6.07, 6.45) is 5.67. The van der Waals surface area contributed by atoms with Crippen molar-refractivity contribution < 1.29 is 0 Å². The molecular weight excluding hydrogens is 262 g/mol. The number of hydrogen-bond donors (Lipinski definition) is 1. The first-order chi connectivity index (χ1) is 10.3. The summed E-state index contributed by atoms with van der Waals surface area (Å²) in [6.45, 7) is 5.05. The lowest BCUT2D eigenvalue weighted by Crippen LogP contribution is -2.05. The fourth-order valence-corrected chi connectivity index (χ4v) is 2.39. The first-order valence-corrected chi connectivity index (χ1v) is 7.36. The maximum absolute atomic E-state index is 4.71. The summed E-state index contributed by atoms with van der Waals surface area (Å²) in [5.74, 6) is 1.76. The molecule has 108 valence electrons. The average molecular weight is 281 g/mol. The van der Waals surface area contributed by atoms with Crippen LogP contribution in [0, 0.1) is 0 Å². The Morgan fingerprint density at radius 1 is 1.19 bits per heavy atom. The van der Waals surface area contributed by atoms with Crippen LogP contribution in [0.2, 0.25) is 0 Å². The molecule has 0 fully saturated rings. The zero-order valence-electron chi connectivity index (χ0n) is 12.4. The molecule has 3 heterocycles. The number of nitrogens with zero attached hydrogens (tertiary/aromatic N) is 4. The lowest BCUT2D eigenvalue weighted by molar-refractivity contribution is 0.835. The quantitative estimate of drug-likeness (QED) is 0.780. The first kappa shape index (κ1) is 13.5. The molecule has 1 N–H and O–H groups in total. The standard InChI is InChI=1S/C16H19N5/c1-3-6-14-19-12(11-15(20-14)17-4-2)13-7-5-8-16-18-9-10-21(13)16/h5,7-11H,3-4,6H2,1-2H3,(H,17,19,20). The molecule has 0 spiro atoms. The molecule has 21 heavy (non-hydrogen) atoms. The smallest absolute Gasteiger partial charge is 0.137 e. The monoisotopic (exact) mass is 281 g/mol. The van der Waals surface area contributed by atoms with E-state index in [0.717, 1.165) is 48.1 Å². The van der Waals surface area contributed by atoms with Crippen molar-refractivity contribution in [3.8, 4) is 11.4 Å². The van der Waals surface area contributed by atoms with Crippen LogP contribution < -0.4 is 5.32 Å². The lowest BCUT2D eigenvalue weighted by Gasteiger charge is -2.10. The van der Waals surface area contributed by atoms with Crippen LogP contribution >= 0.6 is 0 Å². The number of imidazole rings is 1. The molecule has 3 aromatic heterocycles. The second-order valence-corrected chi connectivity index (χ2v) is 4.90. The molecule has 0 bridgehead atoms. The Labute approximate surface area is 124 Å². The van der Waals surface area contributed by atoms with E-state index in [9.17, 15) is 0 Å². The largest absolute Gasteiger partial charge is 0.370 e. The van der Waals surface area contributed by atoms with Gasteiger partial charge in [0.05, 0.1) is 11.4 Å². The molecule has 3 aromatic rings. The third-order valence-corrected chi connectivity index (χ3v) is 3.29. The summed E-state index contributed by atoms with van der Waals surface area (Å²) in [5, 5.41) is 3.28. The lowest BCUT2D eigenvalue weighted by atomic mass is 10.2. The van der Waals surface area contributed by atoms with Crippen LogP contribution in [0.5, 0.6) is 0 Å². The number of fused-ring (bicyclic) bond motifs is 1. The van der Waals surface area contributed by atoms with E-state index in [1.54, 1.807) is 6.20 Å². The molecule has 0 aliphatic heterocycles. The maximum Gasteiger partial charge on any atom is 0.137 e. The van der Waals surface area contributed by atoms with Gasteiger partial charge < -0.3 is 5.32 Å². The minimum Gasteiger partial charge on any atom is -0.370 e. The summed E-state index contributed by atoms with van der Waals surface area (Å²) in [6, 6.07) is 8.05. The Balaban J connectivity index is 2.14. The maximum atomic E-state index is 4.71. The number of hydrogen-bond acceptors (Lipinski definition) is 4. The summed E-state index contributed by atoms with van der Waals surface area (Å²) < 4.78 is 2.05. The number of anilines is 1. The van der Waals surface area contributed by atoms with E-state index < -0.39 is 0 Å². The highest BCUT2D eigenvalue weighted by atomic mass is 15.0. The molecule has 0 aliphatic rings. The van der Waals surface area contributed by atoms with E-state index in [0.29, 0.717) is 0 Å². The van der Waals surface area contributed by atoms with Gasteiger partial charge in [0, 0.05) is 31.4 Å². The van der Waals surface area contributed by atoms with Gasteiger partial charge in [0.25, 0.3) is 0 Å². The molecular formula is C16H19N5. The molecule has 0 saturated carbocycles. The first-order valence-electron chi connectivity index (χ1n) is 7.36. The van der Waals surface area contributed by atoms with Crippen molar-refractivity contribution in [2.24, 2.45) is 0 Å². The van der Waals surface area contributed by atoms with Crippen LogP contribution in [0.4, 0.5) is 5.82 Å². The van der Waals surface area contributed by atoms with Gasteiger partial charge in [0.1, 0.15) is 17.3 Å². The molecule has 0 aliphatic carbocycles. The molecule has 0 radical (unpaired) electrons. The van der Waals surface area contributed by atoms with Crippen LogP contribution in [-0.4, -0.2) is 25.9 Å². The summed E-state index contributed by atoms with van der Waals surface area (Å²) in [7, 11) is 0. The van der Waals surface area contributed by atoms with E-state index in [1.807, 2.05) is 28.8 Å².